The number of nitrogen functional groups attached to an aromatic ring is 1. The van der Waals surface area contributed by atoms with Gasteiger partial charge in [0.1, 0.15) is 11.2 Å². The number of aliphatic imine (C=N–C) groups is 1. The van der Waals surface area contributed by atoms with E-state index in [1.807, 2.05) is 13.8 Å². The minimum atomic E-state index is -0.858. The topological polar surface area (TPSA) is 109 Å². The molecule has 0 aromatic carbocycles. The third-order valence-corrected chi connectivity index (χ3v) is 3.57. The van der Waals surface area contributed by atoms with Crippen molar-refractivity contribution in [2.24, 2.45) is 16.8 Å². The van der Waals surface area contributed by atoms with E-state index >= 15 is 0 Å². The number of amides is 2. The molecular weight excluding hydrogens is 258 g/mol. The Morgan fingerprint density at radius 1 is 1.50 bits per heavy atom. The molecular formula is C13H17N5O2. The van der Waals surface area contributed by atoms with Crippen molar-refractivity contribution in [3.8, 4) is 0 Å². The molecule has 1 atom stereocenters. The van der Waals surface area contributed by atoms with Gasteiger partial charge in [0, 0.05) is 6.20 Å². The molecule has 20 heavy (non-hydrogen) atoms. The van der Waals surface area contributed by atoms with E-state index in [2.05, 4.69) is 20.7 Å². The van der Waals surface area contributed by atoms with Crippen LogP contribution in [0.2, 0.25) is 0 Å². The summed E-state index contributed by atoms with van der Waals surface area (Å²) in [5, 5.41) is 2.69. The zero-order valence-corrected chi connectivity index (χ0v) is 11.6. The van der Waals surface area contributed by atoms with Gasteiger partial charge in [-0.3, -0.25) is 20.0 Å². The lowest BCUT2D eigenvalue weighted by atomic mass is 9.89. The smallest absolute Gasteiger partial charge is 0.267 e. The van der Waals surface area contributed by atoms with Crippen molar-refractivity contribution in [2.75, 3.05) is 0 Å². The Balaban J connectivity index is 2.49. The Bertz CT molecular complexity index is 596. The lowest BCUT2D eigenvalue weighted by Crippen LogP contribution is -2.41. The quantitative estimate of drug-likeness (QED) is 0.409. The fourth-order valence-corrected chi connectivity index (χ4v) is 1.90. The van der Waals surface area contributed by atoms with E-state index < -0.39 is 11.4 Å². The van der Waals surface area contributed by atoms with Gasteiger partial charge >= 0.3 is 0 Å². The van der Waals surface area contributed by atoms with Crippen molar-refractivity contribution >= 4 is 17.6 Å². The molecule has 1 aliphatic rings. The minimum absolute atomic E-state index is 0.0236. The molecule has 1 aromatic heterocycles. The Hall–Kier alpha value is -2.28. The second-order valence-corrected chi connectivity index (χ2v) is 5.09. The van der Waals surface area contributed by atoms with Crippen LogP contribution >= 0.6 is 0 Å². The van der Waals surface area contributed by atoms with Crippen LogP contribution in [0.25, 0.3) is 0 Å². The normalized spacial score (nSPS) is 21.6. The molecule has 0 saturated carbocycles. The van der Waals surface area contributed by atoms with Crippen LogP contribution in [0.3, 0.4) is 0 Å². The molecule has 2 heterocycles. The predicted molar refractivity (Wildman–Crippen MR) is 73.8 cm³/mol. The highest BCUT2D eigenvalue weighted by molar-refractivity contribution is 6.17. The van der Waals surface area contributed by atoms with Gasteiger partial charge in [-0.25, -0.2) is 10.8 Å². The van der Waals surface area contributed by atoms with Crippen LogP contribution in [-0.4, -0.2) is 28.2 Å². The van der Waals surface area contributed by atoms with Crippen molar-refractivity contribution in [1.29, 1.82) is 0 Å². The van der Waals surface area contributed by atoms with Crippen LogP contribution in [0.15, 0.2) is 23.3 Å². The molecule has 0 bridgehead atoms. The first-order valence-electron chi connectivity index (χ1n) is 6.27. The van der Waals surface area contributed by atoms with Gasteiger partial charge in [0.15, 0.2) is 5.84 Å². The predicted octanol–water partition coefficient (Wildman–Crippen LogP) is -0.0238. The van der Waals surface area contributed by atoms with E-state index in [1.54, 1.807) is 19.1 Å². The zero-order valence-electron chi connectivity index (χ0n) is 11.6. The first kappa shape index (κ1) is 14.1. The maximum absolute atomic E-state index is 12.1. The number of nitrogens with two attached hydrogens (primary N) is 1. The van der Waals surface area contributed by atoms with Gasteiger partial charge in [-0.05, 0) is 25.0 Å². The van der Waals surface area contributed by atoms with E-state index in [0.717, 1.165) is 0 Å². The highest BCUT2D eigenvalue weighted by Crippen LogP contribution is 2.27. The SMILES string of the molecule is CC(C)[C@]1(C)N=C(c2ncccc2C(=O)NN)NC1=O. The molecule has 7 heteroatoms. The zero-order chi connectivity index (χ0) is 14.9. The van der Waals surface area contributed by atoms with Crippen molar-refractivity contribution in [2.45, 2.75) is 26.3 Å². The summed E-state index contributed by atoms with van der Waals surface area (Å²) in [7, 11) is 0. The highest BCUT2D eigenvalue weighted by Gasteiger charge is 2.42. The lowest BCUT2D eigenvalue weighted by molar-refractivity contribution is -0.124. The van der Waals surface area contributed by atoms with E-state index in [9.17, 15) is 9.59 Å². The van der Waals surface area contributed by atoms with Crippen LogP contribution in [-0.2, 0) is 4.79 Å². The fraction of sp³-hybridized carbons (Fsp3) is 0.385. The van der Waals surface area contributed by atoms with Crippen molar-refractivity contribution < 1.29 is 9.59 Å². The number of amidine groups is 1. The van der Waals surface area contributed by atoms with E-state index in [-0.39, 0.29) is 17.4 Å². The molecule has 0 fully saturated rings. The third-order valence-electron chi connectivity index (χ3n) is 3.57. The number of nitrogens with one attached hydrogen (secondary N) is 2. The van der Waals surface area contributed by atoms with Crippen LogP contribution < -0.4 is 16.6 Å². The summed E-state index contributed by atoms with van der Waals surface area (Å²) >= 11 is 0. The Morgan fingerprint density at radius 3 is 2.75 bits per heavy atom. The monoisotopic (exact) mass is 275 g/mol. The summed E-state index contributed by atoms with van der Waals surface area (Å²) < 4.78 is 0. The molecule has 2 amide bonds. The fourth-order valence-electron chi connectivity index (χ4n) is 1.90. The van der Waals surface area contributed by atoms with Gasteiger partial charge in [0.2, 0.25) is 0 Å². The van der Waals surface area contributed by atoms with Gasteiger partial charge in [-0.15, -0.1) is 0 Å². The first-order valence-corrected chi connectivity index (χ1v) is 6.27. The van der Waals surface area contributed by atoms with Gasteiger partial charge in [-0.1, -0.05) is 13.8 Å². The molecule has 0 radical (unpaired) electrons. The molecule has 0 aliphatic carbocycles. The minimum Gasteiger partial charge on any atom is -0.307 e. The van der Waals surface area contributed by atoms with Crippen molar-refractivity contribution in [3.05, 3.63) is 29.6 Å². The van der Waals surface area contributed by atoms with Gasteiger partial charge in [0.05, 0.1) is 5.56 Å². The Kier molecular flexibility index (Phi) is 3.54. The average Bonchev–Trinajstić information content (AvgIpc) is 2.75. The van der Waals surface area contributed by atoms with E-state index in [0.29, 0.717) is 11.5 Å². The molecule has 7 nitrogen and oxygen atoms in total. The number of aromatic nitrogens is 1. The molecule has 0 unspecified atom stereocenters. The van der Waals surface area contributed by atoms with Crippen LogP contribution in [0.4, 0.5) is 0 Å². The molecule has 1 aliphatic heterocycles. The summed E-state index contributed by atoms with van der Waals surface area (Å²) in [5.74, 6) is 4.78. The summed E-state index contributed by atoms with van der Waals surface area (Å²) in [6.07, 6.45) is 1.53. The van der Waals surface area contributed by atoms with Gasteiger partial charge < -0.3 is 5.32 Å². The summed E-state index contributed by atoms with van der Waals surface area (Å²) in [5.41, 5.74) is 1.77. The summed E-state index contributed by atoms with van der Waals surface area (Å²) in [6.45, 7) is 5.58. The number of carbonyl (C=O) groups is 2. The summed E-state index contributed by atoms with van der Waals surface area (Å²) in [4.78, 5) is 32.4. The number of hydrogen-bond acceptors (Lipinski definition) is 5. The maximum atomic E-state index is 12.1. The summed E-state index contributed by atoms with van der Waals surface area (Å²) in [6, 6.07) is 3.19. The second-order valence-electron chi connectivity index (χ2n) is 5.09. The molecule has 106 valence electrons. The largest absolute Gasteiger partial charge is 0.307 e. The molecule has 4 N–H and O–H groups in total. The molecule has 1 aromatic rings. The lowest BCUT2D eigenvalue weighted by Gasteiger charge is -2.21. The number of hydrazine groups is 1. The van der Waals surface area contributed by atoms with E-state index in [4.69, 9.17) is 5.84 Å². The van der Waals surface area contributed by atoms with Crippen LogP contribution in [0.1, 0.15) is 36.8 Å². The molecule has 0 spiro atoms. The second kappa shape index (κ2) is 5.01. The van der Waals surface area contributed by atoms with Crippen molar-refractivity contribution in [3.63, 3.8) is 0 Å². The number of hydrogen-bond donors (Lipinski definition) is 3. The van der Waals surface area contributed by atoms with Gasteiger partial charge in [0.25, 0.3) is 11.8 Å². The number of rotatable bonds is 3. The number of nitrogens with zero attached hydrogens (tertiary/aromatic N) is 2. The average molecular weight is 275 g/mol. The Morgan fingerprint density at radius 2 is 2.20 bits per heavy atom. The highest BCUT2D eigenvalue weighted by atomic mass is 16.2. The third kappa shape index (κ3) is 2.16. The van der Waals surface area contributed by atoms with Crippen molar-refractivity contribution in [1.82, 2.24) is 15.7 Å². The van der Waals surface area contributed by atoms with E-state index in [1.165, 1.54) is 6.20 Å². The Labute approximate surface area is 116 Å². The maximum Gasteiger partial charge on any atom is 0.267 e. The first-order chi connectivity index (χ1) is 9.40. The standard InChI is InChI=1S/C13H17N5O2/c1-7(2)13(3)12(20)16-10(17-13)9-8(11(19)18-14)5-4-6-15-9/h4-7H,14H2,1-3H3,(H,18,19)(H,16,17,20)/t13-/m0/s1. The van der Waals surface area contributed by atoms with Crippen LogP contribution in [0.5, 0.6) is 0 Å². The number of pyridine rings is 1. The molecule has 2 rings (SSSR count). The molecule has 0 saturated heterocycles. The van der Waals surface area contributed by atoms with Gasteiger partial charge in [-0.2, -0.15) is 0 Å². The number of carbonyl (C=O) groups excluding carboxylic acids is 2. The van der Waals surface area contributed by atoms with Crippen LogP contribution in [0, 0.1) is 5.92 Å².